The Morgan fingerprint density at radius 1 is 0.949 bits per heavy atom. The van der Waals surface area contributed by atoms with Gasteiger partial charge in [0.25, 0.3) is 0 Å². The van der Waals surface area contributed by atoms with Crippen LogP contribution in [0, 0.1) is 0 Å². The summed E-state index contributed by atoms with van der Waals surface area (Å²) in [4.78, 5) is 19.4. The third-order valence-corrected chi connectivity index (χ3v) is 6.28. The van der Waals surface area contributed by atoms with Crippen molar-refractivity contribution in [3.8, 4) is 34.5 Å². The number of carbonyl (C=O) groups excluding carboxylic acids is 1. The van der Waals surface area contributed by atoms with Crippen LogP contribution in [0.3, 0.4) is 0 Å². The monoisotopic (exact) mass is 551 g/mol. The van der Waals surface area contributed by atoms with Crippen molar-refractivity contribution >= 4 is 11.9 Å². The second-order valence-electron chi connectivity index (χ2n) is 8.78. The zero-order chi connectivity index (χ0) is 28.9. The number of aliphatic hydroxyl groups excluding tert-OH is 1. The van der Waals surface area contributed by atoms with Gasteiger partial charge < -0.3 is 53.4 Å². The van der Waals surface area contributed by atoms with Gasteiger partial charge in [0.2, 0.25) is 5.75 Å². The van der Waals surface area contributed by atoms with Crippen LogP contribution in [0.25, 0.3) is 0 Å². The van der Waals surface area contributed by atoms with Crippen molar-refractivity contribution in [2.45, 2.75) is 24.9 Å². The predicted molar refractivity (Wildman–Crippen MR) is 137 cm³/mol. The molecule has 1 fully saturated rings. The Morgan fingerprint density at radius 3 is 2.05 bits per heavy atom. The largest absolute Gasteiger partial charge is 0.539 e. The minimum absolute atomic E-state index is 0.184. The number of nitrogens with one attached hydrogen (secondary N) is 1. The number of likely N-dealkylation sites (tertiary alicyclic amines) is 1. The van der Waals surface area contributed by atoms with Gasteiger partial charge in [-0.2, -0.15) is 0 Å². The number of aliphatic carboxylic acids is 2. The van der Waals surface area contributed by atoms with Crippen molar-refractivity contribution in [1.82, 2.24) is 0 Å². The molecule has 0 aliphatic carbocycles. The van der Waals surface area contributed by atoms with Gasteiger partial charge in [0.05, 0.1) is 48.6 Å². The number of hydrogen-bond donors (Lipinski definition) is 3. The summed E-state index contributed by atoms with van der Waals surface area (Å²) in [6.45, 7) is 2.79. The maximum absolute atomic E-state index is 10.7. The van der Waals surface area contributed by atoms with Gasteiger partial charge in [-0.1, -0.05) is 6.07 Å². The highest BCUT2D eigenvalue weighted by Crippen LogP contribution is 2.40. The van der Waals surface area contributed by atoms with E-state index in [9.17, 15) is 5.11 Å². The Hall–Kier alpha value is -3.90. The maximum atomic E-state index is 10.7. The number of carboxylic acids is 2. The fourth-order valence-corrected chi connectivity index (χ4v) is 4.45. The number of rotatable bonds is 11. The van der Waals surface area contributed by atoms with Crippen LogP contribution < -0.4 is 38.4 Å². The van der Waals surface area contributed by atoms with E-state index in [4.69, 9.17) is 48.2 Å². The van der Waals surface area contributed by atoms with Gasteiger partial charge in [-0.3, -0.25) is 0 Å². The highest BCUT2D eigenvalue weighted by Gasteiger charge is 2.27. The molecule has 0 spiro atoms. The first-order chi connectivity index (χ1) is 18.7. The summed E-state index contributed by atoms with van der Waals surface area (Å²) in [5.41, 5.74) is 1.24. The summed E-state index contributed by atoms with van der Waals surface area (Å²) >= 11 is 0. The normalized spacial score (nSPS) is 17.1. The van der Waals surface area contributed by atoms with Gasteiger partial charge in [0.15, 0.2) is 29.0 Å². The molecule has 0 amide bonds. The van der Waals surface area contributed by atoms with E-state index in [0.29, 0.717) is 35.5 Å². The molecule has 0 aromatic heterocycles. The lowest BCUT2D eigenvalue weighted by molar-refractivity contribution is -0.909. The van der Waals surface area contributed by atoms with Gasteiger partial charge >= 0.3 is 5.97 Å². The molecule has 39 heavy (non-hydrogen) atoms. The molecule has 12 nitrogen and oxygen atoms in total. The first-order valence-corrected chi connectivity index (χ1v) is 12.3. The minimum Gasteiger partial charge on any atom is -0.539 e. The Balaban J connectivity index is 0.000000798. The van der Waals surface area contributed by atoms with Crippen molar-refractivity contribution < 1.29 is 58.2 Å². The molecule has 3 atom stereocenters. The van der Waals surface area contributed by atoms with Gasteiger partial charge in [-0.15, -0.1) is 0 Å². The number of carboxylic acid groups (broad SMARTS) is 2. The summed E-state index contributed by atoms with van der Waals surface area (Å²) in [6.07, 6.45) is 1.63. The molecule has 0 saturated carbocycles. The summed E-state index contributed by atoms with van der Waals surface area (Å²) in [5.74, 6) is -0.0166. The smallest absolute Gasteiger partial charge is 0.351 e. The second kappa shape index (κ2) is 15.5. The Bertz CT molecular complexity index is 1050. The molecule has 1 heterocycles. The van der Waals surface area contributed by atoms with E-state index in [0.717, 1.165) is 37.4 Å². The molecule has 2 aromatic rings. The topological polar surface area (TPSA) is 157 Å². The van der Waals surface area contributed by atoms with Crippen molar-refractivity contribution in [1.29, 1.82) is 0 Å². The summed E-state index contributed by atoms with van der Waals surface area (Å²) in [5, 5.41) is 27.0. The lowest BCUT2D eigenvalue weighted by atomic mass is 9.90. The minimum atomic E-state index is -2.07. The van der Waals surface area contributed by atoms with Crippen LogP contribution in [0.2, 0.25) is 0 Å². The molecule has 1 aliphatic heterocycles. The molecule has 1 aliphatic rings. The number of quaternary nitrogens is 1. The van der Waals surface area contributed by atoms with Crippen molar-refractivity contribution in [3.05, 3.63) is 35.9 Å². The van der Waals surface area contributed by atoms with Crippen LogP contribution in [0.4, 0.5) is 0 Å². The third-order valence-electron chi connectivity index (χ3n) is 6.28. The van der Waals surface area contributed by atoms with Gasteiger partial charge in [0, 0.05) is 18.1 Å². The zero-order valence-electron chi connectivity index (χ0n) is 22.9. The Morgan fingerprint density at radius 2 is 1.54 bits per heavy atom. The Kier molecular flexibility index (Phi) is 12.4. The maximum Gasteiger partial charge on any atom is 0.351 e. The molecule has 0 bridgehead atoms. The van der Waals surface area contributed by atoms with Crippen molar-refractivity contribution in [2.75, 3.05) is 61.8 Å². The highest BCUT2D eigenvalue weighted by molar-refractivity contribution is 6.26. The number of piperidine rings is 1. The summed E-state index contributed by atoms with van der Waals surface area (Å²) in [7, 11) is 7.98. The van der Waals surface area contributed by atoms with Crippen LogP contribution in [0.15, 0.2) is 30.3 Å². The quantitative estimate of drug-likeness (QED) is 0.316. The fourth-order valence-electron chi connectivity index (χ4n) is 4.45. The molecule has 3 unspecified atom stereocenters. The summed E-state index contributed by atoms with van der Waals surface area (Å²) in [6, 6.07) is 9.60. The lowest BCUT2D eigenvalue weighted by Crippen LogP contribution is -3.14. The predicted octanol–water partition coefficient (Wildman–Crippen LogP) is -0.247. The van der Waals surface area contributed by atoms with Crippen LogP contribution in [-0.4, -0.2) is 90.0 Å². The van der Waals surface area contributed by atoms with Crippen molar-refractivity contribution in [2.24, 2.45) is 0 Å². The molecule has 216 valence electrons. The SMILES string of the molecule is COc1ccc(C2CCC[NH+](CC(O)COc3cc(OC)c(OC)c(OC)c3)C2)cc1OC.O=C([O-])C(=O)O. The highest BCUT2D eigenvalue weighted by atomic mass is 16.5. The number of aliphatic hydroxyl groups is 1. The molecular weight excluding hydrogens is 514 g/mol. The first kappa shape index (κ1) is 31.3. The van der Waals surface area contributed by atoms with Crippen LogP contribution in [0.5, 0.6) is 34.5 Å². The molecule has 1 saturated heterocycles. The molecule has 3 N–H and O–H groups in total. The average Bonchev–Trinajstić information content (AvgIpc) is 2.95. The standard InChI is InChI=1S/C25H35NO7.C2H2O4/c1-28-21-9-8-17(11-22(21)29-2)18-7-6-10-26(14-18)15-19(27)16-33-20-12-23(30-3)25(32-5)24(13-20)31-4;3-1(4)2(5)6/h8-9,11-13,18-19,27H,6-7,10,14-16H2,1-5H3;(H,3,4)(H,5,6). The fraction of sp³-hybridized carbons (Fsp3) is 0.481. The van der Waals surface area contributed by atoms with Gasteiger partial charge in [0.1, 0.15) is 25.0 Å². The van der Waals surface area contributed by atoms with Crippen LogP contribution >= 0.6 is 0 Å². The van der Waals surface area contributed by atoms with E-state index in [1.165, 1.54) is 10.5 Å². The van der Waals surface area contributed by atoms with E-state index >= 15 is 0 Å². The number of ether oxygens (including phenoxy) is 6. The average molecular weight is 552 g/mol. The Labute approximate surface area is 227 Å². The van der Waals surface area contributed by atoms with Crippen molar-refractivity contribution in [3.63, 3.8) is 0 Å². The lowest BCUT2D eigenvalue weighted by Gasteiger charge is -2.31. The number of methoxy groups -OCH3 is 5. The summed E-state index contributed by atoms with van der Waals surface area (Å²) < 4.78 is 32.7. The first-order valence-electron chi connectivity index (χ1n) is 12.3. The van der Waals surface area contributed by atoms with E-state index in [2.05, 4.69) is 12.1 Å². The molecule has 3 rings (SSSR count). The van der Waals surface area contributed by atoms with E-state index in [-0.39, 0.29) is 6.61 Å². The second-order valence-corrected chi connectivity index (χ2v) is 8.78. The molecule has 0 radical (unpaired) electrons. The molecule has 2 aromatic carbocycles. The van der Waals surface area contributed by atoms with Gasteiger partial charge in [-0.25, -0.2) is 4.79 Å². The zero-order valence-corrected chi connectivity index (χ0v) is 22.9. The van der Waals surface area contributed by atoms with E-state index < -0.39 is 18.0 Å². The molecular formula is C27H37NO11. The van der Waals surface area contributed by atoms with E-state index in [1.54, 1.807) is 47.7 Å². The number of carbonyl (C=O) groups is 2. The molecule has 12 heteroatoms. The third kappa shape index (κ3) is 9.11. The van der Waals surface area contributed by atoms with Crippen LogP contribution in [-0.2, 0) is 9.59 Å². The van der Waals surface area contributed by atoms with Gasteiger partial charge in [-0.05, 0) is 30.5 Å². The number of benzene rings is 2. The number of hydrogen-bond acceptors (Lipinski definition) is 10. The van der Waals surface area contributed by atoms with Crippen LogP contribution in [0.1, 0.15) is 24.3 Å². The van der Waals surface area contributed by atoms with E-state index in [1.807, 2.05) is 6.07 Å².